The summed E-state index contributed by atoms with van der Waals surface area (Å²) in [5, 5.41) is 13.9. The van der Waals surface area contributed by atoms with Crippen LogP contribution in [-0.4, -0.2) is 24.4 Å². The Morgan fingerprint density at radius 2 is 1.73 bits per heavy atom. The van der Waals surface area contributed by atoms with Crippen molar-refractivity contribution >= 4 is 34.8 Å². The summed E-state index contributed by atoms with van der Waals surface area (Å²) in [5.41, 5.74) is 1.82. The fraction of sp³-hybridized carbons (Fsp3) is 0.368. The average molecular weight is 419 g/mol. The van der Waals surface area contributed by atoms with Gasteiger partial charge >= 0.3 is 0 Å². The molecule has 2 N–H and O–H groups in total. The summed E-state index contributed by atoms with van der Waals surface area (Å²) in [6, 6.07) is 9.03. The molecule has 4 nitrogen and oxygen atoms in total. The normalized spacial score (nSPS) is 12.1. The largest absolute Gasteiger partial charge is 0.490 e. The van der Waals surface area contributed by atoms with Gasteiger partial charge in [-0.05, 0) is 49.2 Å². The number of ether oxygens (including phenoxy) is 2. The molecule has 26 heavy (non-hydrogen) atoms. The van der Waals surface area contributed by atoms with Crippen LogP contribution in [0.5, 0.6) is 11.5 Å². The summed E-state index contributed by atoms with van der Waals surface area (Å²) in [4.78, 5) is 0. The van der Waals surface area contributed by atoms with Gasteiger partial charge in [0.25, 0.3) is 0 Å². The molecular weight excluding hydrogens is 397 g/mol. The Labute approximate surface area is 169 Å². The first-order chi connectivity index (χ1) is 12.4. The molecule has 2 aromatic carbocycles. The molecule has 0 aliphatic carbocycles. The van der Waals surface area contributed by atoms with Crippen LogP contribution >= 0.6 is 34.8 Å². The summed E-state index contributed by atoms with van der Waals surface area (Å²) in [6.45, 7) is 5.47. The lowest BCUT2D eigenvalue weighted by molar-refractivity contribution is 0.191. The van der Waals surface area contributed by atoms with Crippen LogP contribution in [0.3, 0.4) is 0 Å². The quantitative estimate of drug-likeness (QED) is 0.595. The second-order valence-electron chi connectivity index (χ2n) is 5.85. The number of aliphatic hydroxyl groups excluding tert-OH is 1. The number of aliphatic hydroxyl groups is 1. The third-order valence-corrected chi connectivity index (χ3v) is 4.52. The fourth-order valence-corrected chi connectivity index (χ4v) is 2.95. The van der Waals surface area contributed by atoms with Crippen LogP contribution < -0.4 is 14.8 Å². The van der Waals surface area contributed by atoms with E-state index in [1.54, 1.807) is 19.1 Å². The number of nitrogens with one attached hydrogen (secondary N) is 1. The maximum atomic E-state index is 9.33. The highest BCUT2D eigenvalue weighted by Gasteiger charge is 2.13. The monoisotopic (exact) mass is 417 g/mol. The Morgan fingerprint density at radius 3 is 2.38 bits per heavy atom. The van der Waals surface area contributed by atoms with Gasteiger partial charge in [-0.15, -0.1) is 0 Å². The van der Waals surface area contributed by atoms with Crippen LogP contribution in [0, 0.1) is 0 Å². The predicted octanol–water partition coefficient (Wildman–Crippen LogP) is 5.09. The van der Waals surface area contributed by atoms with E-state index in [9.17, 15) is 5.11 Å². The van der Waals surface area contributed by atoms with Crippen molar-refractivity contribution in [2.45, 2.75) is 33.1 Å². The van der Waals surface area contributed by atoms with Gasteiger partial charge in [0.15, 0.2) is 11.5 Å². The molecule has 1 unspecified atom stereocenters. The zero-order valence-corrected chi connectivity index (χ0v) is 17.0. The van der Waals surface area contributed by atoms with E-state index >= 15 is 0 Å². The van der Waals surface area contributed by atoms with E-state index in [0.717, 1.165) is 11.1 Å². The van der Waals surface area contributed by atoms with Gasteiger partial charge in [-0.25, -0.2) is 0 Å². The first-order valence-corrected chi connectivity index (χ1v) is 9.44. The predicted molar refractivity (Wildman–Crippen MR) is 107 cm³/mol. The van der Waals surface area contributed by atoms with Crippen LogP contribution in [0.1, 0.15) is 25.0 Å². The molecule has 7 heteroatoms. The van der Waals surface area contributed by atoms with Crippen molar-refractivity contribution < 1.29 is 14.6 Å². The third-order valence-electron chi connectivity index (χ3n) is 3.51. The van der Waals surface area contributed by atoms with Gasteiger partial charge in [-0.2, -0.15) is 0 Å². The van der Waals surface area contributed by atoms with E-state index in [-0.39, 0.29) is 6.61 Å². The van der Waals surface area contributed by atoms with Gasteiger partial charge in [0.2, 0.25) is 0 Å². The molecular formula is C19H22Cl3NO3. The number of hydrogen-bond acceptors (Lipinski definition) is 4. The topological polar surface area (TPSA) is 50.7 Å². The molecule has 2 aromatic rings. The molecule has 0 aliphatic heterocycles. The van der Waals surface area contributed by atoms with Crippen LogP contribution in [0.15, 0.2) is 30.3 Å². The summed E-state index contributed by atoms with van der Waals surface area (Å²) >= 11 is 18.4. The molecule has 0 heterocycles. The Kier molecular flexibility index (Phi) is 8.32. The highest BCUT2D eigenvalue weighted by molar-refractivity contribution is 6.42. The van der Waals surface area contributed by atoms with Crippen LogP contribution in [0.4, 0.5) is 0 Å². The summed E-state index contributed by atoms with van der Waals surface area (Å²) in [5.74, 6) is 1.06. The third kappa shape index (κ3) is 6.22. The molecule has 0 amide bonds. The van der Waals surface area contributed by atoms with Gasteiger partial charge < -0.3 is 19.9 Å². The first kappa shape index (κ1) is 21.1. The molecule has 2 rings (SSSR count). The van der Waals surface area contributed by atoms with Crippen LogP contribution in [0.2, 0.25) is 15.1 Å². The Balaban J connectivity index is 2.14. The van der Waals surface area contributed by atoms with Gasteiger partial charge in [0, 0.05) is 13.1 Å². The zero-order chi connectivity index (χ0) is 19.1. The molecule has 0 spiro atoms. The summed E-state index contributed by atoms with van der Waals surface area (Å²) in [6.07, 6.45) is -0.411. The minimum absolute atomic E-state index is 0.288. The van der Waals surface area contributed by atoms with E-state index in [1.807, 2.05) is 25.1 Å². The molecule has 142 valence electrons. The zero-order valence-electron chi connectivity index (χ0n) is 14.7. The number of hydrogen-bond donors (Lipinski definition) is 2. The van der Waals surface area contributed by atoms with E-state index in [0.29, 0.717) is 46.3 Å². The van der Waals surface area contributed by atoms with Crippen molar-refractivity contribution in [3.63, 3.8) is 0 Å². The van der Waals surface area contributed by atoms with Crippen molar-refractivity contribution in [1.29, 1.82) is 0 Å². The van der Waals surface area contributed by atoms with E-state index < -0.39 is 6.10 Å². The lowest BCUT2D eigenvalue weighted by Crippen LogP contribution is -2.23. The Bertz CT molecular complexity index is 738. The van der Waals surface area contributed by atoms with Gasteiger partial charge in [0.1, 0.15) is 6.61 Å². The molecule has 0 aromatic heterocycles. The van der Waals surface area contributed by atoms with Crippen molar-refractivity contribution in [1.82, 2.24) is 5.32 Å². The van der Waals surface area contributed by atoms with Crippen molar-refractivity contribution in [2.75, 3.05) is 13.2 Å². The Hall–Kier alpha value is -1.17. The molecule has 0 saturated heterocycles. The van der Waals surface area contributed by atoms with Crippen LogP contribution in [0.25, 0.3) is 0 Å². The second-order valence-corrected chi connectivity index (χ2v) is 7.08. The molecule has 0 saturated carbocycles. The minimum Gasteiger partial charge on any atom is -0.490 e. The van der Waals surface area contributed by atoms with E-state index in [4.69, 9.17) is 44.3 Å². The molecule has 0 radical (unpaired) electrons. The second kappa shape index (κ2) is 10.2. The van der Waals surface area contributed by atoms with E-state index in [1.165, 1.54) is 0 Å². The van der Waals surface area contributed by atoms with Gasteiger partial charge in [-0.3, -0.25) is 0 Å². The maximum Gasteiger partial charge on any atom is 0.180 e. The van der Waals surface area contributed by atoms with Crippen molar-refractivity contribution in [3.05, 3.63) is 56.5 Å². The Morgan fingerprint density at radius 1 is 1.00 bits per heavy atom. The highest BCUT2D eigenvalue weighted by atomic mass is 35.5. The fourth-order valence-electron chi connectivity index (χ4n) is 2.34. The number of rotatable bonds is 9. The lowest BCUT2D eigenvalue weighted by Gasteiger charge is -2.16. The molecule has 1 atom stereocenters. The number of benzene rings is 2. The smallest absolute Gasteiger partial charge is 0.180 e. The van der Waals surface area contributed by atoms with Crippen molar-refractivity contribution in [3.8, 4) is 11.5 Å². The first-order valence-electron chi connectivity index (χ1n) is 8.31. The molecule has 0 fully saturated rings. The molecule has 0 bridgehead atoms. The standard InChI is InChI=1S/C19H22Cl3NO3/c1-3-25-18-8-14(10-23-9-12(2)24)7-17(22)19(18)26-11-13-4-5-15(20)16(21)6-13/h4-8,12,23-24H,3,9-11H2,1-2H3. The maximum absolute atomic E-state index is 9.33. The summed E-state index contributed by atoms with van der Waals surface area (Å²) in [7, 11) is 0. The molecule has 0 aliphatic rings. The lowest BCUT2D eigenvalue weighted by atomic mass is 10.2. The van der Waals surface area contributed by atoms with Gasteiger partial charge in [0.05, 0.1) is 27.8 Å². The number of halogens is 3. The van der Waals surface area contributed by atoms with Crippen molar-refractivity contribution in [2.24, 2.45) is 0 Å². The average Bonchev–Trinajstić information content (AvgIpc) is 2.57. The van der Waals surface area contributed by atoms with E-state index in [2.05, 4.69) is 5.32 Å². The van der Waals surface area contributed by atoms with Crippen LogP contribution in [-0.2, 0) is 13.2 Å². The SMILES string of the molecule is CCOc1cc(CNCC(C)O)cc(Cl)c1OCc1ccc(Cl)c(Cl)c1. The highest BCUT2D eigenvalue weighted by Crippen LogP contribution is 2.37. The minimum atomic E-state index is -0.411. The summed E-state index contributed by atoms with van der Waals surface area (Å²) < 4.78 is 11.6. The van der Waals surface area contributed by atoms with Gasteiger partial charge in [-0.1, -0.05) is 40.9 Å².